The Morgan fingerprint density at radius 3 is 2.60 bits per heavy atom. The molecule has 0 spiro atoms. The Kier molecular flexibility index (Phi) is 6.89. The number of anilines is 1. The highest BCUT2D eigenvalue weighted by atomic mass is 32.2. The fourth-order valence-corrected chi connectivity index (χ4v) is 5.64. The van der Waals surface area contributed by atoms with Crippen LogP contribution in [0.2, 0.25) is 0 Å². The van der Waals surface area contributed by atoms with E-state index in [1.165, 1.54) is 35.9 Å². The van der Waals surface area contributed by atoms with Gasteiger partial charge in [-0.2, -0.15) is 0 Å². The maximum absolute atomic E-state index is 12.7. The molecule has 0 radical (unpaired) electrons. The van der Waals surface area contributed by atoms with Crippen LogP contribution in [0.25, 0.3) is 0 Å². The van der Waals surface area contributed by atoms with E-state index in [0.29, 0.717) is 11.8 Å². The molecule has 0 unspecified atom stereocenters. The standard InChI is InChI=1S/C23H28N4OS2/c1-16-8-6-9-17(2)22(16)24-21(28)15-30-23-26-25-20(14-19-12-7-13-29-19)27(23)18-10-4-3-5-11-18/h6-9,12-13,18H,3-5,10-11,14-15H2,1-2H3,(H,24,28). The zero-order valence-electron chi connectivity index (χ0n) is 17.6. The van der Waals surface area contributed by atoms with Gasteiger partial charge >= 0.3 is 0 Å². The molecule has 1 aliphatic carbocycles. The molecule has 0 saturated heterocycles. The van der Waals surface area contributed by atoms with Crippen LogP contribution in [0.1, 0.15) is 60.0 Å². The summed E-state index contributed by atoms with van der Waals surface area (Å²) in [4.78, 5) is 13.9. The van der Waals surface area contributed by atoms with Gasteiger partial charge in [-0.15, -0.1) is 21.5 Å². The minimum atomic E-state index is -0.00426. The Labute approximate surface area is 186 Å². The quantitative estimate of drug-likeness (QED) is 0.473. The lowest BCUT2D eigenvalue weighted by Gasteiger charge is -2.25. The Balaban J connectivity index is 1.49. The number of carbonyl (C=O) groups is 1. The molecule has 0 atom stereocenters. The number of hydrogen-bond acceptors (Lipinski definition) is 5. The minimum Gasteiger partial charge on any atom is -0.325 e. The van der Waals surface area contributed by atoms with Crippen molar-refractivity contribution in [1.82, 2.24) is 14.8 Å². The molecule has 0 bridgehead atoms. The number of thiophene rings is 1. The number of thioether (sulfide) groups is 1. The van der Waals surface area contributed by atoms with E-state index in [2.05, 4.69) is 37.6 Å². The molecule has 1 aliphatic rings. The third-order valence-corrected chi connectivity index (χ3v) is 7.48. The predicted octanol–water partition coefficient (Wildman–Crippen LogP) is 5.78. The molecule has 1 N–H and O–H groups in total. The largest absolute Gasteiger partial charge is 0.325 e. The summed E-state index contributed by atoms with van der Waals surface area (Å²) in [6.07, 6.45) is 6.93. The summed E-state index contributed by atoms with van der Waals surface area (Å²) in [5, 5.41) is 15.1. The molecule has 3 aromatic rings. The van der Waals surface area contributed by atoms with Crippen LogP contribution in [-0.4, -0.2) is 26.4 Å². The monoisotopic (exact) mass is 440 g/mol. The number of aryl methyl sites for hydroxylation is 2. The van der Waals surface area contributed by atoms with Gasteiger partial charge in [0.25, 0.3) is 0 Å². The Bertz CT molecular complexity index is 971. The van der Waals surface area contributed by atoms with E-state index < -0.39 is 0 Å². The maximum atomic E-state index is 12.7. The van der Waals surface area contributed by atoms with Crippen molar-refractivity contribution in [3.05, 3.63) is 57.5 Å². The highest BCUT2D eigenvalue weighted by Crippen LogP contribution is 2.33. The average Bonchev–Trinajstić information content (AvgIpc) is 3.40. The SMILES string of the molecule is Cc1cccc(C)c1NC(=O)CSc1nnc(Cc2cccs2)n1C1CCCCC1. The second-order valence-electron chi connectivity index (χ2n) is 7.92. The number of aromatic nitrogens is 3. The lowest BCUT2D eigenvalue weighted by Crippen LogP contribution is -2.19. The van der Waals surface area contributed by atoms with Crippen molar-refractivity contribution in [1.29, 1.82) is 0 Å². The zero-order chi connectivity index (χ0) is 20.9. The number of hydrogen-bond donors (Lipinski definition) is 1. The summed E-state index contributed by atoms with van der Waals surface area (Å²) < 4.78 is 2.32. The molecule has 1 saturated carbocycles. The molecule has 2 heterocycles. The summed E-state index contributed by atoms with van der Waals surface area (Å²) in [6.45, 7) is 4.04. The molecule has 158 valence electrons. The van der Waals surface area contributed by atoms with E-state index in [0.717, 1.165) is 47.1 Å². The summed E-state index contributed by atoms with van der Waals surface area (Å²) in [6, 6.07) is 10.7. The van der Waals surface area contributed by atoms with E-state index in [9.17, 15) is 4.79 Å². The van der Waals surface area contributed by atoms with Gasteiger partial charge in [-0.3, -0.25) is 4.79 Å². The second kappa shape index (κ2) is 9.79. The Hall–Kier alpha value is -2.12. The topological polar surface area (TPSA) is 59.8 Å². The summed E-state index contributed by atoms with van der Waals surface area (Å²) in [5.74, 6) is 1.34. The third-order valence-electron chi connectivity index (χ3n) is 5.67. The van der Waals surface area contributed by atoms with Crippen LogP contribution in [0.5, 0.6) is 0 Å². The van der Waals surface area contributed by atoms with Gasteiger partial charge in [-0.05, 0) is 49.3 Å². The minimum absolute atomic E-state index is 0.00426. The Morgan fingerprint density at radius 2 is 1.90 bits per heavy atom. The molecule has 7 heteroatoms. The van der Waals surface area contributed by atoms with Crippen LogP contribution in [0.4, 0.5) is 5.69 Å². The van der Waals surface area contributed by atoms with E-state index in [-0.39, 0.29) is 5.91 Å². The van der Waals surface area contributed by atoms with Gasteiger partial charge in [0, 0.05) is 23.0 Å². The number of nitrogens with zero attached hydrogens (tertiary/aromatic N) is 3. The molecule has 1 fully saturated rings. The van der Waals surface area contributed by atoms with Crippen molar-refractivity contribution < 1.29 is 4.79 Å². The van der Waals surface area contributed by atoms with Gasteiger partial charge in [0.05, 0.1) is 5.75 Å². The van der Waals surface area contributed by atoms with Gasteiger partial charge in [0.15, 0.2) is 5.16 Å². The molecule has 5 nitrogen and oxygen atoms in total. The number of carbonyl (C=O) groups excluding carboxylic acids is 1. The van der Waals surface area contributed by atoms with Gasteiger partial charge in [-0.1, -0.05) is 55.3 Å². The molecule has 1 aromatic carbocycles. The number of amides is 1. The normalized spacial score (nSPS) is 14.7. The summed E-state index contributed by atoms with van der Waals surface area (Å²) in [5.41, 5.74) is 3.07. The molecule has 4 rings (SSSR count). The highest BCUT2D eigenvalue weighted by molar-refractivity contribution is 7.99. The van der Waals surface area contributed by atoms with Crippen molar-refractivity contribution >= 4 is 34.7 Å². The zero-order valence-corrected chi connectivity index (χ0v) is 19.2. The maximum Gasteiger partial charge on any atom is 0.234 e. The van der Waals surface area contributed by atoms with Crippen molar-refractivity contribution in [2.45, 2.75) is 63.6 Å². The van der Waals surface area contributed by atoms with E-state index in [1.807, 2.05) is 32.0 Å². The predicted molar refractivity (Wildman–Crippen MR) is 125 cm³/mol. The van der Waals surface area contributed by atoms with Crippen molar-refractivity contribution in [3.63, 3.8) is 0 Å². The van der Waals surface area contributed by atoms with Crippen LogP contribution in [-0.2, 0) is 11.2 Å². The average molecular weight is 441 g/mol. The smallest absolute Gasteiger partial charge is 0.234 e. The molecular formula is C23H28N4OS2. The Morgan fingerprint density at radius 1 is 1.13 bits per heavy atom. The van der Waals surface area contributed by atoms with Crippen molar-refractivity contribution in [2.75, 3.05) is 11.1 Å². The lowest BCUT2D eigenvalue weighted by atomic mass is 9.95. The molecule has 0 aliphatic heterocycles. The first-order chi connectivity index (χ1) is 14.6. The number of nitrogens with one attached hydrogen (secondary N) is 1. The fraction of sp³-hybridized carbons (Fsp3) is 0.435. The lowest BCUT2D eigenvalue weighted by molar-refractivity contribution is -0.113. The second-order valence-corrected chi connectivity index (χ2v) is 9.90. The van der Waals surface area contributed by atoms with Gasteiger partial charge in [0.1, 0.15) is 5.82 Å². The van der Waals surface area contributed by atoms with E-state index in [4.69, 9.17) is 0 Å². The first-order valence-corrected chi connectivity index (χ1v) is 12.4. The van der Waals surface area contributed by atoms with Crippen LogP contribution in [0.15, 0.2) is 40.9 Å². The van der Waals surface area contributed by atoms with Crippen LogP contribution < -0.4 is 5.32 Å². The number of benzene rings is 1. The van der Waals surface area contributed by atoms with Crippen LogP contribution in [0, 0.1) is 13.8 Å². The number of para-hydroxylation sites is 1. The summed E-state index contributed by atoms with van der Waals surface area (Å²) >= 11 is 3.25. The third kappa shape index (κ3) is 4.95. The molecule has 1 amide bonds. The van der Waals surface area contributed by atoms with Crippen LogP contribution >= 0.6 is 23.1 Å². The first kappa shape index (κ1) is 21.1. The van der Waals surface area contributed by atoms with E-state index in [1.54, 1.807) is 11.3 Å². The summed E-state index contributed by atoms with van der Waals surface area (Å²) in [7, 11) is 0. The van der Waals surface area contributed by atoms with Gasteiger partial charge in [-0.25, -0.2) is 0 Å². The molecular weight excluding hydrogens is 412 g/mol. The van der Waals surface area contributed by atoms with Crippen molar-refractivity contribution in [2.24, 2.45) is 0 Å². The molecule has 2 aromatic heterocycles. The number of rotatable bonds is 7. The van der Waals surface area contributed by atoms with Crippen molar-refractivity contribution in [3.8, 4) is 0 Å². The van der Waals surface area contributed by atoms with Gasteiger partial charge < -0.3 is 9.88 Å². The highest BCUT2D eigenvalue weighted by Gasteiger charge is 2.24. The van der Waals surface area contributed by atoms with E-state index >= 15 is 0 Å². The molecule has 30 heavy (non-hydrogen) atoms. The first-order valence-electron chi connectivity index (χ1n) is 10.6. The van der Waals surface area contributed by atoms with Gasteiger partial charge in [0.2, 0.25) is 5.91 Å². The van der Waals surface area contributed by atoms with Crippen LogP contribution in [0.3, 0.4) is 0 Å². The fourth-order valence-electron chi connectivity index (χ4n) is 4.12.